The molecule has 0 aliphatic heterocycles. The van der Waals surface area contributed by atoms with Crippen LogP contribution in [0.4, 0.5) is 9.59 Å². The van der Waals surface area contributed by atoms with Crippen LogP contribution in [0.25, 0.3) is 0 Å². The number of hydrogen-bond donors (Lipinski definition) is 1. The minimum atomic E-state index is -1.35. The number of nitrogens with zero attached hydrogens (tertiary/aromatic N) is 2. The first-order valence-electron chi connectivity index (χ1n) is 6.89. The van der Waals surface area contributed by atoms with Gasteiger partial charge in [0.1, 0.15) is 12.4 Å². The molecule has 0 spiro atoms. The molecule has 1 N–H and O–H groups in total. The van der Waals surface area contributed by atoms with Gasteiger partial charge in [-0.1, -0.05) is 12.1 Å². The smallest absolute Gasteiger partial charge is 0.450 e. The van der Waals surface area contributed by atoms with E-state index in [4.69, 9.17) is 9.84 Å². The quantitative estimate of drug-likeness (QED) is 0.801. The maximum atomic E-state index is 11.9. The Morgan fingerprint density at radius 3 is 2.13 bits per heavy atom. The van der Waals surface area contributed by atoms with Gasteiger partial charge in [0.05, 0.1) is 0 Å². The van der Waals surface area contributed by atoms with E-state index in [-0.39, 0.29) is 12.5 Å². The van der Waals surface area contributed by atoms with Crippen LogP contribution < -0.4 is 4.74 Å². The summed E-state index contributed by atoms with van der Waals surface area (Å²) < 4.78 is 9.61. The minimum Gasteiger partial charge on any atom is -0.450 e. The molecule has 0 unspecified atom stereocenters. The van der Waals surface area contributed by atoms with Crippen molar-refractivity contribution in [3.63, 3.8) is 0 Å². The number of likely N-dealkylation sites (N-methyl/N-ethyl adjacent to an activating group) is 2. The Balaban J connectivity index is 2.46. The average molecular weight is 324 g/mol. The molecule has 2 amide bonds. The second-order valence-electron chi connectivity index (χ2n) is 4.93. The summed E-state index contributed by atoms with van der Waals surface area (Å²) in [5.74, 6) is 0.256. The van der Waals surface area contributed by atoms with Gasteiger partial charge in [-0.2, -0.15) is 0 Å². The van der Waals surface area contributed by atoms with Gasteiger partial charge in [-0.3, -0.25) is 4.79 Å². The van der Waals surface area contributed by atoms with E-state index in [0.29, 0.717) is 24.4 Å². The van der Waals surface area contributed by atoms with Crippen molar-refractivity contribution in [3.05, 3.63) is 29.8 Å². The number of rotatable bonds is 6. The van der Waals surface area contributed by atoms with E-state index >= 15 is 0 Å². The third-order valence-corrected chi connectivity index (χ3v) is 3.11. The largest absolute Gasteiger partial charge is 0.506 e. The lowest BCUT2D eigenvalue weighted by Gasteiger charge is -2.21. The first kappa shape index (κ1) is 18.3. The molecule has 1 rings (SSSR count). The van der Waals surface area contributed by atoms with E-state index in [0.717, 1.165) is 0 Å². The van der Waals surface area contributed by atoms with Crippen molar-refractivity contribution < 1.29 is 29.0 Å². The molecule has 126 valence electrons. The van der Waals surface area contributed by atoms with Crippen LogP contribution in [0.3, 0.4) is 0 Å². The van der Waals surface area contributed by atoms with Crippen LogP contribution >= 0.6 is 0 Å². The zero-order valence-electron chi connectivity index (χ0n) is 13.3. The fourth-order valence-corrected chi connectivity index (χ4v) is 1.53. The molecule has 0 aliphatic rings. The highest BCUT2D eigenvalue weighted by atomic mass is 16.7. The van der Waals surface area contributed by atoms with Gasteiger partial charge in [-0.25, -0.2) is 9.59 Å². The SMILES string of the molecule is CC(=O)N(C)CCN(C)C(=O)Oc1ccc(COC(=O)O)cc1. The van der Waals surface area contributed by atoms with Gasteiger partial charge in [0.2, 0.25) is 5.91 Å². The second kappa shape index (κ2) is 8.62. The minimum absolute atomic E-state index is 0.0686. The summed E-state index contributed by atoms with van der Waals surface area (Å²) in [6, 6.07) is 6.31. The highest BCUT2D eigenvalue weighted by Gasteiger charge is 2.13. The van der Waals surface area contributed by atoms with Crippen LogP contribution in [0.15, 0.2) is 24.3 Å². The molecule has 0 saturated carbocycles. The monoisotopic (exact) mass is 324 g/mol. The van der Waals surface area contributed by atoms with Crippen molar-refractivity contribution in [1.29, 1.82) is 0 Å². The molecule has 0 aromatic heterocycles. The van der Waals surface area contributed by atoms with Gasteiger partial charge < -0.3 is 24.4 Å². The van der Waals surface area contributed by atoms with Crippen LogP contribution in [-0.4, -0.2) is 60.2 Å². The Morgan fingerprint density at radius 2 is 1.61 bits per heavy atom. The molecule has 1 aromatic rings. The second-order valence-corrected chi connectivity index (χ2v) is 4.93. The van der Waals surface area contributed by atoms with E-state index in [1.54, 1.807) is 38.4 Å². The molecular weight excluding hydrogens is 304 g/mol. The van der Waals surface area contributed by atoms with Crippen LogP contribution in [0.1, 0.15) is 12.5 Å². The van der Waals surface area contributed by atoms with Crippen molar-refractivity contribution >= 4 is 18.2 Å². The number of ether oxygens (including phenoxy) is 2. The lowest BCUT2D eigenvalue weighted by Crippen LogP contribution is -2.37. The van der Waals surface area contributed by atoms with E-state index in [1.807, 2.05) is 0 Å². The highest BCUT2D eigenvalue weighted by molar-refractivity contribution is 5.73. The molecular formula is C15H20N2O6. The Bertz CT molecular complexity index is 558. The van der Waals surface area contributed by atoms with Crippen LogP contribution in [-0.2, 0) is 16.1 Å². The molecule has 23 heavy (non-hydrogen) atoms. The fourth-order valence-electron chi connectivity index (χ4n) is 1.53. The number of amides is 2. The Morgan fingerprint density at radius 1 is 1.04 bits per heavy atom. The van der Waals surface area contributed by atoms with Crippen molar-refractivity contribution in [3.8, 4) is 5.75 Å². The van der Waals surface area contributed by atoms with Crippen LogP contribution in [0.2, 0.25) is 0 Å². The summed E-state index contributed by atoms with van der Waals surface area (Å²) in [6.45, 7) is 2.14. The van der Waals surface area contributed by atoms with E-state index in [9.17, 15) is 14.4 Å². The molecule has 0 aliphatic carbocycles. The van der Waals surface area contributed by atoms with Gasteiger partial charge >= 0.3 is 12.2 Å². The van der Waals surface area contributed by atoms with Crippen molar-refractivity contribution in [2.24, 2.45) is 0 Å². The summed E-state index contributed by atoms with van der Waals surface area (Å²) >= 11 is 0. The predicted octanol–water partition coefficient (Wildman–Crippen LogP) is 1.79. The summed E-state index contributed by atoms with van der Waals surface area (Å²) in [5, 5.41) is 8.41. The van der Waals surface area contributed by atoms with Crippen molar-refractivity contribution in [1.82, 2.24) is 9.80 Å². The number of carbonyl (C=O) groups is 3. The Kier molecular flexibility index (Phi) is 6.85. The molecule has 0 heterocycles. The van der Waals surface area contributed by atoms with E-state index in [2.05, 4.69) is 4.74 Å². The Labute approximate surface area is 134 Å². The summed E-state index contributed by atoms with van der Waals surface area (Å²) in [4.78, 5) is 36.1. The first-order chi connectivity index (χ1) is 10.8. The fraction of sp³-hybridized carbons (Fsp3) is 0.400. The maximum Gasteiger partial charge on any atom is 0.506 e. The third-order valence-electron chi connectivity index (χ3n) is 3.11. The maximum absolute atomic E-state index is 11.9. The number of carbonyl (C=O) groups excluding carboxylic acids is 2. The molecule has 8 nitrogen and oxygen atoms in total. The number of benzene rings is 1. The highest BCUT2D eigenvalue weighted by Crippen LogP contribution is 2.14. The lowest BCUT2D eigenvalue weighted by molar-refractivity contribution is -0.127. The molecule has 1 aromatic carbocycles. The Hall–Kier alpha value is -2.77. The van der Waals surface area contributed by atoms with Gasteiger partial charge in [0.15, 0.2) is 0 Å². The van der Waals surface area contributed by atoms with Gasteiger partial charge in [-0.05, 0) is 17.7 Å². The van der Waals surface area contributed by atoms with Crippen molar-refractivity contribution in [2.75, 3.05) is 27.2 Å². The van der Waals surface area contributed by atoms with E-state index in [1.165, 1.54) is 16.7 Å². The average Bonchev–Trinajstić information content (AvgIpc) is 2.51. The zero-order valence-corrected chi connectivity index (χ0v) is 13.3. The summed E-state index contributed by atoms with van der Waals surface area (Å²) in [5.41, 5.74) is 0.642. The lowest BCUT2D eigenvalue weighted by atomic mass is 10.2. The molecule has 0 saturated heterocycles. The van der Waals surface area contributed by atoms with Gasteiger partial charge in [0.25, 0.3) is 0 Å². The van der Waals surface area contributed by atoms with Crippen molar-refractivity contribution in [2.45, 2.75) is 13.5 Å². The standard InChI is InChI=1S/C15H20N2O6/c1-11(18)16(2)8-9-17(3)14(19)23-13-6-4-12(5-7-13)10-22-15(20)21/h4-7H,8-10H2,1-3H3,(H,20,21). The first-order valence-corrected chi connectivity index (χ1v) is 6.89. The molecule has 0 bridgehead atoms. The summed E-state index contributed by atoms with van der Waals surface area (Å²) in [7, 11) is 3.23. The topological polar surface area (TPSA) is 96.4 Å². The summed E-state index contributed by atoms with van der Waals surface area (Å²) in [6.07, 6.45) is -1.89. The normalized spacial score (nSPS) is 9.87. The predicted molar refractivity (Wildman–Crippen MR) is 81.2 cm³/mol. The van der Waals surface area contributed by atoms with Gasteiger partial charge in [-0.15, -0.1) is 0 Å². The number of carboxylic acid groups (broad SMARTS) is 1. The molecule has 0 radical (unpaired) electrons. The zero-order chi connectivity index (χ0) is 17.4. The van der Waals surface area contributed by atoms with Crippen LogP contribution in [0, 0.1) is 0 Å². The van der Waals surface area contributed by atoms with E-state index < -0.39 is 12.2 Å². The molecule has 0 fully saturated rings. The number of hydrogen-bond acceptors (Lipinski definition) is 5. The third kappa shape index (κ3) is 6.68. The van der Waals surface area contributed by atoms with Crippen LogP contribution in [0.5, 0.6) is 5.75 Å². The molecule has 8 heteroatoms. The molecule has 0 atom stereocenters. The van der Waals surface area contributed by atoms with Gasteiger partial charge in [0, 0.05) is 34.1 Å².